The second-order valence-electron chi connectivity index (χ2n) is 7.59. The van der Waals surface area contributed by atoms with E-state index in [1.165, 1.54) is 17.1 Å². The van der Waals surface area contributed by atoms with Crippen LogP contribution in [-0.4, -0.2) is 65.3 Å². The minimum Gasteiger partial charge on any atom is -0.393 e. The van der Waals surface area contributed by atoms with Crippen molar-refractivity contribution < 1.29 is 9.84 Å². The molecule has 0 spiro atoms. The third-order valence-electron chi connectivity index (χ3n) is 5.37. The molecule has 1 N–H and O–H groups in total. The summed E-state index contributed by atoms with van der Waals surface area (Å²) < 4.78 is 7.57. The summed E-state index contributed by atoms with van der Waals surface area (Å²) in [6.07, 6.45) is 0.870. The summed E-state index contributed by atoms with van der Waals surface area (Å²) in [5.74, 6) is 2.06. The average Bonchev–Trinajstić information content (AvgIpc) is 3.13. The van der Waals surface area contributed by atoms with Crippen LogP contribution in [0.1, 0.15) is 44.4 Å². The van der Waals surface area contributed by atoms with Crippen molar-refractivity contribution in [3.63, 3.8) is 0 Å². The van der Waals surface area contributed by atoms with Crippen LogP contribution in [0.15, 0.2) is 0 Å². The molecule has 0 aliphatic carbocycles. The highest BCUT2D eigenvalue weighted by atomic mass is 16.5. The number of aromatic nitrogens is 2. The van der Waals surface area contributed by atoms with Crippen molar-refractivity contribution in [2.45, 2.75) is 45.8 Å². The zero-order valence-corrected chi connectivity index (χ0v) is 15.5. The first-order valence-corrected chi connectivity index (χ1v) is 9.26. The Morgan fingerprint density at radius 3 is 2.50 bits per heavy atom. The Labute approximate surface area is 145 Å². The molecular weight excluding hydrogens is 304 g/mol. The van der Waals surface area contributed by atoms with Gasteiger partial charge in [0, 0.05) is 38.8 Å². The summed E-state index contributed by atoms with van der Waals surface area (Å²) in [6, 6.07) is 0. The molecule has 136 valence electrons. The molecule has 6 heteroatoms. The molecule has 3 heterocycles. The van der Waals surface area contributed by atoms with Crippen molar-refractivity contribution in [1.29, 1.82) is 0 Å². The Hall–Kier alpha value is -1.11. The molecule has 2 atom stereocenters. The minimum absolute atomic E-state index is 0.216. The van der Waals surface area contributed by atoms with Crippen LogP contribution in [0.3, 0.4) is 0 Å². The molecule has 6 nitrogen and oxygen atoms in total. The molecule has 0 amide bonds. The molecule has 0 saturated carbocycles. The maximum Gasteiger partial charge on any atom is 0.131 e. The van der Waals surface area contributed by atoms with Gasteiger partial charge in [0.05, 0.1) is 25.0 Å². The molecule has 1 aromatic rings. The first kappa shape index (κ1) is 17.7. The summed E-state index contributed by atoms with van der Waals surface area (Å²) in [5.41, 5.74) is 2.57. The fraction of sp³-hybridized carbons (Fsp3) is 0.833. The highest BCUT2D eigenvalue weighted by molar-refractivity contribution is 5.51. The van der Waals surface area contributed by atoms with Gasteiger partial charge in [-0.05, 0) is 31.7 Å². The van der Waals surface area contributed by atoms with Gasteiger partial charge in [0.2, 0.25) is 0 Å². The summed E-state index contributed by atoms with van der Waals surface area (Å²) >= 11 is 0. The van der Waals surface area contributed by atoms with E-state index < -0.39 is 0 Å². The zero-order valence-electron chi connectivity index (χ0n) is 15.5. The van der Waals surface area contributed by atoms with Crippen LogP contribution < -0.4 is 4.90 Å². The van der Waals surface area contributed by atoms with Crippen LogP contribution in [0.25, 0.3) is 0 Å². The summed E-state index contributed by atoms with van der Waals surface area (Å²) in [7, 11) is 2.06. The predicted molar refractivity (Wildman–Crippen MR) is 95.4 cm³/mol. The van der Waals surface area contributed by atoms with Gasteiger partial charge in [-0.1, -0.05) is 13.8 Å². The quantitative estimate of drug-likeness (QED) is 0.885. The number of aliphatic hydroxyl groups excluding tert-OH is 1. The smallest absolute Gasteiger partial charge is 0.131 e. The lowest BCUT2D eigenvalue weighted by atomic mass is 10.0. The van der Waals surface area contributed by atoms with E-state index in [2.05, 4.69) is 35.4 Å². The summed E-state index contributed by atoms with van der Waals surface area (Å²) in [6.45, 7) is 12.8. The van der Waals surface area contributed by atoms with Crippen LogP contribution in [0.4, 0.5) is 5.82 Å². The molecule has 2 unspecified atom stereocenters. The lowest BCUT2D eigenvalue weighted by Crippen LogP contribution is -2.38. The number of nitrogens with zero attached hydrogens (tertiary/aromatic N) is 4. The van der Waals surface area contributed by atoms with Gasteiger partial charge in [0.1, 0.15) is 5.82 Å². The second kappa shape index (κ2) is 7.42. The van der Waals surface area contributed by atoms with Crippen LogP contribution in [0, 0.1) is 5.92 Å². The van der Waals surface area contributed by atoms with E-state index >= 15 is 0 Å². The molecular formula is C18H32N4O2. The van der Waals surface area contributed by atoms with Crippen molar-refractivity contribution in [2.24, 2.45) is 13.0 Å². The number of aliphatic hydroxyl groups is 1. The lowest BCUT2D eigenvalue weighted by molar-refractivity contribution is 0.121. The van der Waals surface area contributed by atoms with Gasteiger partial charge in [-0.25, -0.2) is 0 Å². The Morgan fingerprint density at radius 1 is 1.21 bits per heavy atom. The van der Waals surface area contributed by atoms with E-state index in [0.717, 1.165) is 52.4 Å². The molecule has 2 fully saturated rings. The molecule has 2 aliphatic rings. The highest BCUT2D eigenvalue weighted by Crippen LogP contribution is 2.32. The molecule has 1 aromatic heterocycles. The molecule has 0 bridgehead atoms. The van der Waals surface area contributed by atoms with Crippen molar-refractivity contribution in [1.82, 2.24) is 14.7 Å². The highest BCUT2D eigenvalue weighted by Gasteiger charge is 2.30. The van der Waals surface area contributed by atoms with Crippen molar-refractivity contribution in [3.8, 4) is 0 Å². The molecule has 2 saturated heterocycles. The minimum atomic E-state index is -0.216. The molecule has 24 heavy (non-hydrogen) atoms. The third-order valence-corrected chi connectivity index (χ3v) is 5.37. The normalized spacial score (nSPS) is 24.1. The van der Waals surface area contributed by atoms with Crippen molar-refractivity contribution in [2.75, 3.05) is 44.3 Å². The average molecular weight is 336 g/mol. The summed E-state index contributed by atoms with van der Waals surface area (Å²) in [5, 5.41) is 14.7. The van der Waals surface area contributed by atoms with E-state index in [4.69, 9.17) is 9.84 Å². The number of morpholine rings is 1. The van der Waals surface area contributed by atoms with E-state index in [1.54, 1.807) is 0 Å². The van der Waals surface area contributed by atoms with Crippen LogP contribution in [0.2, 0.25) is 0 Å². The first-order valence-electron chi connectivity index (χ1n) is 9.26. The zero-order chi connectivity index (χ0) is 17.3. The number of likely N-dealkylation sites (tertiary alicyclic amines) is 1. The standard InChI is InChI=1S/C18H32N4O2/c1-13(2)17-16(12-21-6-5-15(11-21)14(3)23)18(20(4)19-17)22-7-9-24-10-8-22/h13-15,23H,5-12H2,1-4H3. The number of hydrogen-bond acceptors (Lipinski definition) is 5. The fourth-order valence-electron chi connectivity index (χ4n) is 3.99. The lowest BCUT2D eigenvalue weighted by Gasteiger charge is -2.30. The Balaban J connectivity index is 1.84. The van der Waals surface area contributed by atoms with E-state index in [9.17, 15) is 5.11 Å². The van der Waals surface area contributed by atoms with E-state index in [0.29, 0.717) is 11.8 Å². The number of hydrogen-bond donors (Lipinski definition) is 1. The largest absolute Gasteiger partial charge is 0.393 e. The topological polar surface area (TPSA) is 53.8 Å². The van der Waals surface area contributed by atoms with Crippen molar-refractivity contribution in [3.05, 3.63) is 11.3 Å². The number of rotatable bonds is 5. The van der Waals surface area contributed by atoms with Gasteiger partial charge in [-0.2, -0.15) is 5.10 Å². The number of aryl methyl sites for hydroxylation is 1. The number of anilines is 1. The van der Waals surface area contributed by atoms with E-state index in [1.807, 2.05) is 6.92 Å². The molecule has 3 rings (SSSR count). The molecule has 0 aromatic carbocycles. The van der Waals surface area contributed by atoms with Crippen molar-refractivity contribution >= 4 is 5.82 Å². The molecule has 2 aliphatic heterocycles. The maximum atomic E-state index is 9.88. The Morgan fingerprint density at radius 2 is 1.92 bits per heavy atom. The summed E-state index contributed by atoms with van der Waals surface area (Å²) in [4.78, 5) is 4.89. The SMILES string of the molecule is CC(C)c1nn(C)c(N2CCOCC2)c1CN1CCC(C(C)O)C1. The van der Waals surface area contributed by atoms with Crippen LogP contribution >= 0.6 is 0 Å². The Kier molecular flexibility index (Phi) is 5.47. The van der Waals surface area contributed by atoms with Gasteiger partial charge in [0.15, 0.2) is 0 Å². The third kappa shape index (κ3) is 3.60. The van der Waals surface area contributed by atoms with Gasteiger partial charge >= 0.3 is 0 Å². The van der Waals surface area contributed by atoms with Gasteiger partial charge < -0.3 is 14.7 Å². The van der Waals surface area contributed by atoms with Gasteiger partial charge in [-0.3, -0.25) is 9.58 Å². The fourth-order valence-corrected chi connectivity index (χ4v) is 3.99. The predicted octanol–water partition coefficient (Wildman–Crippen LogP) is 1.58. The van der Waals surface area contributed by atoms with Gasteiger partial charge in [-0.15, -0.1) is 0 Å². The second-order valence-corrected chi connectivity index (χ2v) is 7.59. The maximum absolute atomic E-state index is 9.88. The first-order chi connectivity index (χ1) is 11.5. The molecule has 0 radical (unpaired) electrons. The van der Waals surface area contributed by atoms with Crippen LogP contribution in [0.5, 0.6) is 0 Å². The van der Waals surface area contributed by atoms with E-state index in [-0.39, 0.29) is 6.10 Å². The van der Waals surface area contributed by atoms with Gasteiger partial charge in [0.25, 0.3) is 0 Å². The monoisotopic (exact) mass is 336 g/mol. The Bertz CT molecular complexity index is 549. The number of ether oxygens (including phenoxy) is 1. The van der Waals surface area contributed by atoms with Crippen LogP contribution in [-0.2, 0) is 18.3 Å².